The molecule has 0 aliphatic heterocycles. The van der Waals surface area contributed by atoms with Crippen molar-refractivity contribution in [3.63, 3.8) is 0 Å². The third-order valence-electron chi connectivity index (χ3n) is 5.82. The van der Waals surface area contributed by atoms with Gasteiger partial charge in [-0.2, -0.15) is 0 Å². The molecule has 0 bridgehead atoms. The first-order valence-corrected chi connectivity index (χ1v) is 14.0. The SMILES string of the molecule is CCCCc1ccc([C@H]2CC[C@H](OCCC[Si](OC(C)=O)(OC(C)=O)OC(C)=O)CC2)cc1. The number of hydrogen-bond acceptors (Lipinski definition) is 7. The lowest BCUT2D eigenvalue weighted by Crippen LogP contribution is -2.49. The van der Waals surface area contributed by atoms with E-state index in [2.05, 4.69) is 31.2 Å². The van der Waals surface area contributed by atoms with Crippen LogP contribution < -0.4 is 0 Å². The summed E-state index contributed by atoms with van der Waals surface area (Å²) in [6, 6.07) is 9.23. The molecule has 0 saturated heterocycles. The summed E-state index contributed by atoms with van der Waals surface area (Å²) < 4.78 is 21.7. The zero-order valence-corrected chi connectivity index (χ0v) is 21.4. The number of benzene rings is 1. The van der Waals surface area contributed by atoms with Gasteiger partial charge in [0.2, 0.25) is 0 Å². The summed E-state index contributed by atoms with van der Waals surface area (Å²) in [5.74, 6) is -1.38. The first-order chi connectivity index (χ1) is 15.7. The number of aryl methyl sites for hydroxylation is 1. The molecular formula is C25H38O7Si. The maximum absolute atomic E-state index is 11.5. The second-order valence-corrected chi connectivity index (χ2v) is 11.2. The second-order valence-electron chi connectivity index (χ2n) is 8.76. The molecule has 0 amide bonds. The summed E-state index contributed by atoms with van der Waals surface area (Å²) in [5, 5.41) is 0. The minimum absolute atomic E-state index is 0.144. The third kappa shape index (κ3) is 9.68. The molecule has 1 saturated carbocycles. The van der Waals surface area contributed by atoms with Crippen molar-refractivity contribution < 1.29 is 32.4 Å². The van der Waals surface area contributed by atoms with Crippen molar-refractivity contribution in [1.29, 1.82) is 0 Å². The summed E-state index contributed by atoms with van der Waals surface area (Å²) >= 11 is 0. The van der Waals surface area contributed by atoms with Gasteiger partial charge in [0, 0.05) is 27.4 Å². The van der Waals surface area contributed by atoms with Crippen LogP contribution in [0.15, 0.2) is 24.3 Å². The molecule has 1 aromatic rings. The number of ether oxygens (including phenoxy) is 1. The van der Waals surface area contributed by atoms with Crippen molar-refractivity contribution in [3.8, 4) is 0 Å². The summed E-state index contributed by atoms with van der Waals surface area (Å²) in [7, 11) is -3.77. The summed E-state index contributed by atoms with van der Waals surface area (Å²) in [4.78, 5) is 34.5. The minimum Gasteiger partial charge on any atom is -0.455 e. The van der Waals surface area contributed by atoms with E-state index in [-0.39, 0.29) is 12.1 Å². The van der Waals surface area contributed by atoms with E-state index < -0.39 is 26.7 Å². The molecule has 184 valence electrons. The van der Waals surface area contributed by atoms with Crippen molar-refractivity contribution in [2.24, 2.45) is 0 Å². The van der Waals surface area contributed by atoms with Gasteiger partial charge in [-0.25, -0.2) is 0 Å². The molecule has 0 N–H and O–H groups in total. The van der Waals surface area contributed by atoms with Crippen LogP contribution in [0.1, 0.15) is 89.7 Å². The molecule has 0 heterocycles. The predicted molar refractivity (Wildman–Crippen MR) is 126 cm³/mol. The monoisotopic (exact) mass is 478 g/mol. The first-order valence-electron chi connectivity index (χ1n) is 12.0. The molecule has 0 spiro atoms. The molecule has 0 unspecified atom stereocenters. The zero-order chi connectivity index (χ0) is 24.3. The summed E-state index contributed by atoms with van der Waals surface area (Å²) in [6.45, 7) is 6.22. The number of carbonyl (C=O) groups is 3. The Labute approximate surface area is 198 Å². The smallest absolute Gasteiger partial charge is 0.455 e. The fraction of sp³-hybridized carbons (Fsp3) is 0.640. The molecular weight excluding hydrogens is 440 g/mol. The van der Waals surface area contributed by atoms with Gasteiger partial charge in [0.1, 0.15) is 0 Å². The molecule has 33 heavy (non-hydrogen) atoms. The van der Waals surface area contributed by atoms with E-state index in [1.54, 1.807) is 0 Å². The molecule has 1 aliphatic rings. The highest BCUT2D eigenvalue weighted by Crippen LogP contribution is 2.34. The van der Waals surface area contributed by atoms with Crippen LogP contribution in [-0.2, 0) is 38.8 Å². The second kappa shape index (κ2) is 13.5. The maximum atomic E-state index is 11.5. The Morgan fingerprint density at radius 3 is 1.88 bits per heavy atom. The van der Waals surface area contributed by atoms with Gasteiger partial charge in [-0.15, -0.1) is 0 Å². The number of rotatable bonds is 12. The normalized spacial score (nSPS) is 18.4. The van der Waals surface area contributed by atoms with E-state index in [0.29, 0.717) is 18.9 Å². The van der Waals surface area contributed by atoms with E-state index in [1.165, 1.54) is 44.7 Å². The molecule has 2 rings (SSSR count). The fourth-order valence-electron chi connectivity index (χ4n) is 4.31. The average Bonchev–Trinajstić information content (AvgIpc) is 2.74. The predicted octanol–water partition coefficient (Wildman–Crippen LogP) is 5.09. The van der Waals surface area contributed by atoms with Gasteiger partial charge in [0.15, 0.2) is 0 Å². The highest BCUT2D eigenvalue weighted by molar-refractivity contribution is 6.65. The quantitative estimate of drug-likeness (QED) is 0.305. The molecule has 1 aromatic carbocycles. The van der Waals surface area contributed by atoms with E-state index in [4.69, 9.17) is 18.0 Å². The standard InChI is InChI=1S/C25H38O7Si/c1-5-6-8-22-9-11-23(12-10-22)24-13-15-25(16-14-24)29-17-7-18-33(30-19(2)26,31-20(3)27)32-21(4)28/h9-12,24-25H,5-8,13-18H2,1-4H3/t24-,25-. The topological polar surface area (TPSA) is 88.1 Å². The molecule has 1 aliphatic carbocycles. The Morgan fingerprint density at radius 2 is 1.39 bits per heavy atom. The van der Waals surface area contributed by atoms with Gasteiger partial charge in [0.05, 0.1) is 12.1 Å². The molecule has 0 radical (unpaired) electrons. The van der Waals surface area contributed by atoms with E-state index in [9.17, 15) is 14.4 Å². The van der Waals surface area contributed by atoms with Crippen LogP contribution in [0.4, 0.5) is 0 Å². The minimum atomic E-state index is -3.77. The van der Waals surface area contributed by atoms with E-state index in [1.807, 2.05) is 0 Å². The van der Waals surface area contributed by atoms with E-state index in [0.717, 1.165) is 32.1 Å². The maximum Gasteiger partial charge on any atom is 0.705 e. The Kier molecular flexibility index (Phi) is 11.1. The Bertz CT molecular complexity index is 729. The fourth-order valence-corrected chi connectivity index (χ4v) is 6.63. The highest BCUT2D eigenvalue weighted by atomic mass is 28.4. The molecule has 0 atom stereocenters. The first kappa shape index (κ1) is 27.1. The Hall–Kier alpha value is -2.19. The number of hydrogen-bond donors (Lipinski definition) is 0. The van der Waals surface area contributed by atoms with Crippen molar-refractivity contribution in [2.75, 3.05) is 6.61 Å². The van der Waals surface area contributed by atoms with Crippen molar-refractivity contribution >= 4 is 26.7 Å². The zero-order valence-electron chi connectivity index (χ0n) is 20.4. The van der Waals surface area contributed by atoms with Gasteiger partial charge in [-0.05, 0) is 62.0 Å². The average molecular weight is 479 g/mol. The Morgan fingerprint density at radius 1 is 0.848 bits per heavy atom. The number of unbranched alkanes of at least 4 members (excludes halogenated alkanes) is 1. The lowest BCUT2D eigenvalue weighted by molar-refractivity contribution is -0.147. The van der Waals surface area contributed by atoms with Crippen LogP contribution in [0.25, 0.3) is 0 Å². The lowest BCUT2D eigenvalue weighted by atomic mass is 9.82. The van der Waals surface area contributed by atoms with Gasteiger partial charge >= 0.3 is 8.80 Å². The summed E-state index contributed by atoms with van der Waals surface area (Å²) in [6.07, 6.45) is 8.38. The number of carbonyl (C=O) groups excluding carboxylic acids is 3. The van der Waals surface area contributed by atoms with Crippen molar-refractivity contribution in [3.05, 3.63) is 35.4 Å². The van der Waals surface area contributed by atoms with Crippen LogP contribution in [0.2, 0.25) is 6.04 Å². The molecule has 0 aromatic heterocycles. The Balaban J connectivity index is 1.79. The van der Waals surface area contributed by atoms with Crippen molar-refractivity contribution in [2.45, 2.75) is 97.1 Å². The largest absolute Gasteiger partial charge is 0.705 e. The van der Waals surface area contributed by atoms with Crippen molar-refractivity contribution in [1.82, 2.24) is 0 Å². The van der Waals surface area contributed by atoms with Gasteiger partial charge in [0.25, 0.3) is 17.9 Å². The third-order valence-corrected chi connectivity index (χ3v) is 8.58. The van der Waals surface area contributed by atoms with Crippen LogP contribution >= 0.6 is 0 Å². The highest BCUT2D eigenvalue weighted by Gasteiger charge is 2.51. The summed E-state index contributed by atoms with van der Waals surface area (Å²) in [5.41, 5.74) is 2.82. The van der Waals surface area contributed by atoms with E-state index >= 15 is 0 Å². The van der Waals surface area contributed by atoms with Crippen LogP contribution in [-0.4, -0.2) is 39.4 Å². The lowest BCUT2D eigenvalue weighted by Gasteiger charge is -2.29. The molecule has 8 heteroatoms. The van der Waals surface area contributed by atoms with Gasteiger partial charge < -0.3 is 18.0 Å². The molecule has 7 nitrogen and oxygen atoms in total. The van der Waals surface area contributed by atoms with Gasteiger partial charge in [-0.3, -0.25) is 14.4 Å². The van der Waals surface area contributed by atoms with Gasteiger partial charge in [-0.1, -0.05) is 37.6 Å². The van der Waals surface area contributed by atoms with Crippen LogP contribution in [0.5, 0.6) is 0 Å². The van der Waals surface area contributed by atoms with Crippen LogP contribution in [0, 0.1) is 0 Å². The van der Waals surface area contributed by atoms with Crippen LogP contribution in [0.3, 0.4) is 0 Å². The molecule has 1 fully saturated rings.